The van der Waals surface area contributed by atoms with Crippen molar-refractivity contribution in [1.82, 2.24) is 9.71 Å². The number of benzene rings is 1. The predicted molar refractivity (Wildman–Crippen MR) is 94.1 cm³/mol. The standard InChI is InChI=1S/C17H21N3O3S/c1-17(2,3)20-24(22,23)12-13-5-4-6-14(11-13)16(21)19-15-7-9-18-10-8-15/h4-11,20H,12H2,1-3H3,(H,18,19,21). The molecule has 1 amide bonds. The fourth-order valence-corrected chi connectivity index (χ4v) is 3.79. The zero-order valence-corrected chi connectivity index (χ0v) is 14.7. The molecule has 1 aromatic heterocycles. The second-order valence-corrected chi connectivity index (χ2v) is 8.22. The van der Waals surface area contributed by atoms with Gasteiger partial charge in [0.05, 0.1) is 5.75 Å². The summed E-state index contributed by atoms with van der Waals surface area (Å²) in [5, 5.41) is 2.74. The Morgan fingerprint density at radius 3 is 2.42 bits per heavy atom. The van der Waals surface area contributed by atoms with Crippen molar-refractivity contribution in [2.24, 2.45) is 0 Å². The molecule has 128 valence electrons. The Hall–Kier alpha value is -2.25. The summed E-state index contributed by atoms with van der Waals surface area (Å²) in [6.45, 7) is 5.34. The summed E-state index contributed by atoms with van der Waals surface area (Å²) >= 11 is 0. The first kappa shape index (κ1) is 18.1. The summed E-state index contributed by atoms with van der Waals surface area (Å²) in [6, 6.07) is 9.94. The lowest BCUT2D eigenvalue weighted by Gasteiger charge is -2.20. The van der Waals surface area contributed by atoms with Gasteiger partial charge in [-0.25, -0.2) is 13.1 Å². The maximum atomic E-state index is 12.3. The minimum absolute atomic E-state index is 0.180. The van der Waals surface area contributed by atoms with E-state index in [0.29, 0.717) is 16.8 Å². The molecule has 0 bridgehead atoms. The van der Waals surface area contributed by atoms with Gasteiger partial charge in [-0.1, -0.05) is 12.1 Å². The number of sulfonamides is 1. The first-order chi connectivity index (χ1) is 11.1. The molecule has 6 nitrogen and oxygen atoms in total. The van der Waals surface area contributed by atoms with Crippen molar-refractivity contribution >= 4 is 21.6 Å². The van der Waals surface area contributed by atoms with E-state index in [2.05, 4.69) is 15.0 Å². The lowest BCUT2D eigenvalue weighted by molar-refractivity contribution is 0.102. The number of anilines is 1. The second kappa shape index (κ2) is 7.11. The molecule has 0 fully saturated rings. The molecule has 0 unspecified atom stereocenters. The van der Waals surface area contributed by atoms with Crippen LogP contribution in [0.3, 0.4) is 0 Å². The fourth-order valence-electron chi connectivity index (χ4n) is 2.16. The van der Waals surface area contributed by atoms with Crippen LogP contribution in [0.15, 0.2) is 48.8 Å². The first-order valence-electron chi connectivity index (χ1n) is 7.47. The van der Waals surface area contributed by atoms with Gasteiger partial charge in [-0.15, -0.1) is 0 Å². The smallest absolute Gasteiger partial charge is 0.255 e. The maximum absolute atomic E-state index is 12.3. The molecule has 2 N–H and O–H groups in total. The fraction of sp³-hybridized carbons (Fsp3) is 0.294. The molecule has 0 radical (unpaired) electrons. The first-order valence-corrected chi connectivity index (χ1v) is 9.12. The number of hydrogen-bond donors (Lipinski definition) is 2. The van der Waals surface area contributed by atoms with E-state index in [1.165, 1.54) is 0 Å². The van der Waals surface area contributed by atoms with Crippen molar-refractivity contribution in [3.05, 3.63) is 59.9 Å². The molecular weight excluding hydrogens is 326 g/mol. The third kappa shape index (κ3) is 5.75. The van der Waals surface area contributed by atoms with Gasteiger partial charge in [-0.2, -0.15) is 0 Å². The Morgan fingerprint density at radius 2 is 1.79 bits per heavy atom. The molecule has 0 atom stereocenters. The van der Waals surface area contributed by atoms with Crippen molar-refractivity contribution in [2.75, 3.05) is 5.32 Å². The van der Waals surface area contributed by atoms with Gasteiger partial charge < -0.3 is 5.32 Å². The number of rotatable bonds is 5. The third-order valence-electron chi connectivity index (χ3n) is 2.95. The minimum Gasteiger partial charge on any atom is -0.322 e. The molecule has 1 heterocycles. The van der Waals surface area contributed by atoms with Crippen LogP contribution in [0.5, 0.6) is 0 Å². The normalized spacial score (nSPS) is 12.0. The molecular formula is C17H21N3O3S. The van der Waals surface area contributed by atoms with E-state index >= 15 is 0 Å². The highest BCUT2D eigenvalue weighted by Crippen LogP contribution is 2.13. The number of amides is 1. The zero-order valence-electron chi connectivity index (χ0n) is 13.9. The molecule has 0 aliphatic carbocycles. The molecule has 7 heteroatoms. The van der Waals surface area contributed by atoms with Gasteiger partial charge in [0.15, 0.2) is 0 Å². The van der Waals surface area contributed by atoms with E-state index < -0.39 is 15.6 Å². The molecule has 0 saturated carbocycles. The summed E-state index contributed by atoms with van der Waals surface area (Å²) in [6.07, 6.45) is 3.16. The number of nitrogens with zero attached hydrogens (tertiary/aromatic N) is 1. The summed E-state index contributed by atoms with van der Waals surface area (Å²) < 4.78 is 26.9. The van der Waals surface area contributed by atoms with Gasteiger partial charge in [0.2, 0.25) is 10.0 Å². The summed E-state index contributed by atoms with van der Waals surface area (Å²) in [5.74, 6) is -0.482. The van der Waals surface area contributed by atoms with Gasteiger partial charge >= 0.3 is 0 Å². The van der Waals surface area contributed by atoms with Crippen LogP contribution in [-0.4, -0.2) is 24.8 Å². The van der Waals surface area contributed by atoms with Crippen LogP contribution in [0.1, 0.15) is 36.7 Å². The van der Waals surface area contributed by atoms with Crippen LogP contribution in [-0.2, 0) is 15.8 Å². The lowest BCUT2D eigenvalue weighted by atomic mass is 10.1. The number of carbonyl (C=O) groups excluding carboxylic acids is 1. The Balaban J connectivity index is 2.13. The second-order valence-electron chi connectivity index (χ2n) is 6.50. The minimum atomic E-state index is -3.48. The molecule has 2 aromatic rings. The summed E-state index contributed by atoms with van der Waals surface area (Å²) in [5.41, 5.74) is 1.03. The van der Waals surface area contributed by atoms with Crippen LogP contribution in [0, 0.1) is 0 Å². The molecule has 2 rings (SSSR count). The molecule has 0 saturated heterocycles. The van der Waals surface area contributed by atoms with E-state index in [4.69, 9.17) is 0 Å². The molecule has 0 aliphatic heterocycles. The average Bonchev–Trinajstić information content (AvgIpc) is 2.45. The van der Waals surface area contributed by atoms with Crippen molar-refractivity contribution in [1.29, 1.82) is 0 Å². The number of hydrogen-bond acceptors (Lipinski definition) is 4. The number of carbonyl (C=O) groups is 1. The Labute approximate surface area is 142 Å². The van der Waals surface area contributed by atoms with Crippen molar-refractivity contribution in [3.63, 3.8) is 0 Å². The number of aromatic nitrogens is 1. The quantitative estimate of drug-likeness (QED) is 0.870. The van der Waals surface area contributed by atoms with Gasteiger partial charge in [-0.05, 0) is 50.6 Å². The molecule has 1 aromatic carbocycles. The van der Waals surface area contributed by atoms with E-state index in [1.807, 2.05) is 0 Å². The van der Waals surface area contributed by atoms with Gasteiger partial charge in [0.1, 0.15) is 0 Å². The highest BCUT2D eigenvalue weighted by Gasteiger charge is 2.20. The van der Waals surface area contributed by atoms with E-state index in [9.17, 15) is 13.2 Å². The SMILES string of the molecule is CC(C)(C)NS(=O)(=O)Cc1cccc(C(=O)Nc2ccncc2)c1. The lowest BCUT2D eigenvalue weighted by Crippen LogP contribution is -2.41. The summed E-state index contributed by atoms with van der Waals surface area (Å²) in [4.78, 5) is 16.1. The van der Waals surface area contributed by atoms with Crippen LogP contribution >= 0.6 is 0 Å². The molecule has 0 spiro atoms. The topological polar surface area (TPSA) is 88.2 Å². The zero-order chi connectivity index (χ0) is 17.8. The highest BCUT2D eigenvalue weighted by atomic mass is 32.2. The van der Waals surface area contributed by atoms with E-state index in [-0.39, 0.29) is 11.7 Å². The Morgan fingerprint density at radius 1 is 1.12 bits per heavy atom. The van der Waals surface area contributed by atoms with Crippen LogP contribution in [0.25, 0.3) is 0 Å². The van der Waals surface area contributed by atoms with Gasteiger partial charge in [-0.3, -0.25) is 9.78 Å². The molecule has 0 aliphatic rings. The van der Waals surface area contributed by atoms with Crippen molar-refractivity contribution in [3.8, 4) is 0 Å². The Kier molecular flexibility index (Phi) is 5.36. The van der Waals surface area contributed by atoms with Crippen LogP contribution in [0.4, 0.5) is 5.69 Å². The van der Waals surface area contributed by atoms with Crippen LogP contribution < -0.4 is 10.0 Å². The van der Waals surface area contributed by atoms with Crippen molar-refractivity contribution in [2.45, 2.75) is 32.1 Å². The van der Waals surface area contributed by atoms with E-state index in [0.717, 1.165) is 0 Å². The largest absolute Gasteiger partial charge is 0.322 e. The van der Waals surface area contributed by atoms with Gasteiger partial charge in [0.25, 0.3) is 5.91 Å². The average molecular weight is 347 g/mol. The number of nitrogens with one attached hydrogen (secondary N) is 2. The third-order valence-corrected chi connectivity index (χ3v) is 4.58. The number of pyridine rings is 1. The van der Waals surface area contributed by atoms with Gasteiger partial charge in [0, 0.05) is 29.2 Å². The van der Waals surface area contributed by atoms with Crippen molar-refractivity contribution < 1.29 is 13.2 Å². The van der Waals surface area contributed by atoms with E-state index in [1.54, 1.807) is 69.6 Å². The highest BCUT2D eigenvalue weighted by molar-refractivity contribution is 7.88. The predicted octanol–water partition coefficient (Wildman–Crippen LogP) is 2.55. The summed E-state index contributed by atoms with van der Waals surface area (Å²) in [7, 11) is -3.48. The monoisotopic (exact) mass is 347 g/mol. The van der Waals surface area contributed by atoms with Crippen LogP contribution in [0.2, 0.25) is 0 Å². The molecule has 24 heavy (non-hydrogen) atoms. The maximum Gasteiger partial charge on any atom is 0.255 e. The Bertz CT molecular complexity index is 812.